The molecule has 27 heavy (non-hydrogen) atoms. The highest BCUT2D eigenvalue weighted by molar-refractivity contribution is 5.68. The second-order valence-electron chi connectivity index (χ2n) is 6.95. The summed E-state index contributed by atoms with van der Waals surface area (Å²) in [6.45, 7) is 4.10. The molecule has 2 atom stereocenters. The molecule has 2 aromatic rings. The Balaban J connectivity index is 1.70. The molecule has 0 radical (unpaired) electrons. The zero-order chi connectivity index (χ0) is 19.2. The lowest BCUT2D eigenvalue weighted by atomic mass is 9.90. The maximum atomic E-state index is 11.8. The maximum absolute atomic E-state index is 11.8. The summed E-state index contributed by atoms with van der Waals surface area (Å²) in [4.78, 5) is 13.6. The largest absolute Gasteiger partial charge is 0.493 e. The van der Waals surface area contributed by atoms with Crippen LogP contribution in [0, 0.1) is 5.92 Å². The Hall–Kier alpha value is -2.69. The fraction of sp³-hybridized carbons (Fsp3) is 0.409. The van der Waals surface area contributed by atoms with Crippen LogP contribution in [0.3, 0.4) is 0 Å². The van der Waals surface area contributed by atoms with Gasteiger partial charge in [-0.2, -0.15) is 0 Å². The summed E-state index contributed by atoms with van der Waals surface area (Å²) in [5, 5.41) is 0. The van der Waals surface area contributed by atoms with Crippen molar-refractivity contribution in [2.45, 2.75) is 19.3 Å². The number of hydrogen-bond donors (Lipinski definition) is 0. The van der Waals surface area contributed by atoms with Gasteiger partial charge in [-0.25, -0.2) is 4.79 Å². The van der Waals surface area contributed by atoms with Crippen molar-refractivity contribution >= 4 is 6.09 Å². The number of rotatable bonds is 6. The molecule has 1 aliphatic heterocycles. The molecule has 0 unspecified atom stereocenters. The molecular weight excluding hydrogens is 342 g/mol. The van der Waals surface area contributed by atoms with Crippen LogP contribution in [-0.2, 0) is 11.2 Å². The van der Waals surface area contributed by atoms with E-state index in [1.54, 1.807) is 12.0 Å². The summed E-state index contributed by atoms with van der Waals surface area (Å²) in [7, 11) is 3.07. The fourth-order valence-electron chi connectivity index (χ4n) is 3.64. The van der Waals surface area contributed by atoms with E-state index in [4.69, 9.17) is 14.2 Å². The number of carbonyl (C=O) groups excluding carboxylic acids is 1. The number of ether oxygens (including phenoxy) is 3. The Labute approximate surface area is 160 Å². The molecule has 0 aromatic heterocycles. The maximum Gasteiger partial charge on any atom is 0.409 e. The molecule has 0 saturated carbocycles. The molecule has 1 amide bonds. The summed E-state index contributed by atoms with van der Waals surface area (Å²) < 4.78 is 16.4. The summed E-state index contributed by atoms with van der Waals surface area (Å²) in [6, 6.07) is 16.3. The van der Waals surface area contributed by atoms with E-state index in [1.807, 2.05) is 30.3 Å². The monoisotopic (exact) mass is 369 g/mol. The number of hydrogen-bond acceptors (Lipinski definition) is 4. The SMILES string of the molecule is COC(=O)N1C[C@@H](C)[C@@H](c2ccc(OC)c(OCCc3ccccc3)c2)C1. The number of likely N-dealkylation sites (tertiary alicyclic amines) is 1. The Morgan fingerprint density at radius 2 is 1.85 bits per heavy atom. The Morgan fingerprint density at radius 1 is 1.07 bits per heavy atom. The van der Waals surface area contributed by atoms with Crippen LogP contribution in [0.15, 0.2) is 48.5 Å². The van der Waals surface area contributed by atoms with Gasteiger partial charge in [0.05, 0.1) is 20.8 Å². The Morgan fingerprint density at radius 3 is 2.56 bits per heavy atom. The van der Waals surface area contributed by atoms with Crippen LogP contribution in [0.2, 0.25) is 0 Å². The van der Waals surface area contributed by atoms with Crippen LogP contribution in [0.1, 0.15) is 24.0 Å². The smallest absolute Gasteiger partial charge is 0.409 e. The summed E-state index contributed by atoms with van der Waals surface area (Å²) in [5.74, 6) is 2.08. The Bertz CT molecular complexity index is 762. The topological polar surface area (TPSA) is 48.0 Å². The van der Waals surface area contributed by atoms with E-state index in [1.165, 1.54) is 12.7 Å². The van der Waals surface area contributed by atoms with Crippen molar-refractivity contribution in [3.8, 4) is 11.5 Å². The van der Waals surface area contributed by atoms with E-state index >= 15 is 0 Å². The highest BCUT2D eigenvalue weighted by Crippen LogP contribution is 2.37. The highest BCUT2D eigenvalue weighted by atomic mass is 16.5. The van der Waals surface area contributed by atoms with Crippen LogP contribution >= 0.6 is 0 Å². The van der Waals surface area contributed by atoms with Crippen molar-refractivity contribution in [3.63, 3.8) is 0 Å². The number of amides is 1. The van der Waals surface area contributed by atoms with Gasteiger partial charge in [0.1, 0.15) is 0 Å². The predicted octanol–water partition coefficient (Wildman–Crippen LogP) is 4.12. The quantitative estimate of drug-likeness (QED) is 0.769. The molecule has 5 nitrogen and oxygen atoms in total. The van der Waals surface area contributed by atoms with Gasteiger partial charge in [-0.15, -0.1) is 0 Å². The van der Waals surface area contributed by atoms with Gasteiger partial charge in [-0.3, -0.25) is 0 Å². The van der Waals surface area contributed by atoms with Crippen molar-refractivity contribution in [3.05, 3.63) is 59.7 Å². The lowest BCUT2D eigenvalue weighted by Crippen LogP contribution is -2.28. The van der Waals surface area contributed by atoms with Crippen molar-refractivity contribution in [1.82, 2.24) is 4.90 Å². The van der Waals surface area contributed by atoms with E-state index in [2.05, 4.69) is 25.1 Å². The first-order valence-electron chi connectivity index (χ1n) is 9.30. The standard InChI is InChI=1S/C22H27NO4/c1-16-14-23(22(24)26-3)15-19(16)18-9-10-20(25-2)21(13-18)27-12-11-17-7-5-4-6-8-17/h4-10,13,16,19H,11-12,14-15H2,1-3H3/t16-,19+/m1/s1. The fourth-order valence-corrected chi connectivity index (χ4v) is 3.64. The van der Waals surface area contributed by atoms with Crippen molar-refractivity contribution in [2.24, 2.45) is 5.92 Å². The minimum atomic E-state index is -0.266. The molecule has 2 aromatic carbocycles. The molecule has 1 saturated heterocycles. The van der Waals surface area contributed by atoms with E-state index in [9.17, 15) is 4.79 Å². The van der Waals surface area contributed by atoms with Gasteiger partial charge in [-0.05, 0) is 29.2 Å². The average molecular weight is 369 g/mol. The molecule has 144 valence electrons. The number of methoxy groups -OCH3 is 2. The van der Waals surface area contributed by atoms with E-state index in [0.29, 0.717) is 25.6 Å². The van der Waals surface area contributed by atoms with Crippen LogP contribution in [0.25, 0.3) is 0 Å². The lowest BCUT2D eigenvalue weighted by molar-refractivity contribution is 0.131. The molecule has 5 heteroatoms. The first kappa shape index (κ1) is 19.1. The molecule has 0 spiro atoms. The second kappa shape index (κ2) is 8.80. The summed E-state index contributed by atoms with van der Waals surface area (Å²) in [6.07, 6.45) is 0.571. The van der Waals surface area contributed by atoms with Gasteiger partial charge in [0.2, 0.25) is 0 Å². The van der Waals surface area contributed by atoms with Crippen molar-refractivity contribution in [1.29, 1.82) is 0 Å². The van der Waals surface area contributed by atoms with Gasteiger partial charge < -0.3 is 19.1 Å². The molecule has 1 fully saturated rings. The van der Waals surface area contributed by atoms with Gasteiger partial charge in [0.25, 0.3) is 0 Å². The Kier molecular flexibility index (Phi) is 6.22. The summed E-state index contributed by atoms with van der Waals surface area (Å²) in [5.41, 5.74) is 2.40. The lowest BCUT2D eigenvalue weighted by Gasteiger charge is -2.18. The van der Waals surface area contributed by atoms with Crippen molar-refractivity contribution < 1.29 is 19.0 Å². The molecule has 3 rings (SSSR count). The van der Waals surface area contributed by atoms with Crippen molar-refractivity contribution in [2.75, 3.05) is 33.9 Å². The molecule has 0 N–H and O–H groups in total. The van der Waals surface area contributed by atoms with E-state index in [0.717, 1.165) is 23.5 Å². The molecule has 1 heterocycles. The van der Waals surface area contributed by atoms with Crippen LogP contribution in [0.4, 0.5) is 4.79 Å². The normalized spacial score (nSPS) is 19.0. The average Bonchev–Trinajstić information content (AvgIpc) is 3.10. The number of carbonyl (C=O) groups is 1. The van der Waals surface area contributed by atoms with E-state index < -0.39 is 0 Å². The molecule has 0 aliphatic carbocycles. The first-order chi connectivity index (χ1) is 13.1. The predicted molar refractivity (Wildman–Crippen MR) is 105 cm³/mol. The third-order valence-electron chi connectivity index (χ3n) is 5.15. The van der Waals surface area contributed by atoms with Crippen LogP contribution < -0.4 is 9.47 Å². The van der Waals surface area contributed by atoms with Gasteiger partial charge in [0.15, 0.2) is 11.5 Å². The molecular formula is C22H27NO4. The zero-order valence-corrected chi connectivity index (χ0v) is 16.2. The third-order valence-corrected chi connectivity index (χ3v) is 5.15. The van der Waals surface area contributed by atoms with Crippen LogP contribution in [-0.4, -0.2) is 44.9 Å². The number of nitrogens with zero attached hydrogens (tertiary/aromatic N) is 1. The summed E-state index contributed by atoms with van der Waals surface area (Å²) >= 11 is 0. The van der Waals surface area contributed by atoms with E-state index in [-0.39, 0.29) is 12.0 Å². The minimum Gasteiger partial charge on any atom is -0.493 e. The highest BCUT2D eigenvalue weighted by Gasteiger charge is 2.34. The minimum absolute atomic E-state index is 0.256. The van der Waals surface area contributed by atoms with Gasteiger partial charge in [-0.1, -0.05) is 43.3 Å². The van der Waals surface area contributed by atoms with Gasteiger partial charge >= 0.3 is 6.09 Å². The molecule has 0 bridgehead atoms. The van der Waals surface area contributed by atoms with Gasteiger partial charge in [0, 0.05) is 25.4 Å². The number of benzene rings is 2. The third kappa shape index (κ3) is 4.54. The zero-order valence-electron chi connectivity index (χ0n) is 16.2. The van der Waals surface area contributed by atoms with Crippen LogP contribution in [0.5, 0.6) is 11.5 Å². The first-order valence-corrected chi connectivity index (χ1v) is 9.30. The molecule has 1 aliphatic rings. The second-order valence-corrected chi connectivity index (χ2v) is 6.95.